The van der Waals surface area contributed by atoms with E-state index in [-0.39, 0.29) is 0 Å². The van der Waals surface area contributed by atoms with Gasteiger partial charge in [-0.05, 0) is 39.3 Å². The van der Waals surface area contributed by atoms with Crippen LogP contribution in [0.15, 0.2) is 4.99 Å². The Labute approximate surface area is 117 Å². The number of aliphatic imine (C=N–C) groups is 1. The van der Waals surface area contributed by atoms with Crippen molar-refractivity contribution in [2.75, 3.05) is 46.4 Å². The van der Waals surface area contributed by atoms with Crippen LogP contribution in [0.2, 0.25) is 0 Å². The molecule has 0 amide bonds. The molecule has 1 aliphatic heterocycles. The molecule has 1 aliphatic rings. The summed E-state index contributed by atoms with van der Waals surface area (Å²) in [5.41, 5.74) is 0. The van der Waals surface area contributed by atoms with Crippen LogP contribution in [-0.2, 0) is 4.74 Å². The molecule has 1 saturated heterocycles. The number of hydrogen-bond donors (Lipinski definition) is 2. The van der Waals surface area contributed by atoms with Crippen LogP contribution in [0.1, 0.15) is 33.1 Å². The van der Waals surface area contributed by atoms with Gasteiger partial charge in [0, 0.05) is 32.8 Å². The average Bonchev–Trinajstić information content (AvgIpc) is 2.88. The molecule has 0 aromatic carbocycles. The van der Waals surface area contributed by atoms with E-state index in [0.717, 1.165) is 45.2 Å². The molecule has 0 aromatic heterocycles. The maximum Gasteiger partial charge on any atom is 0.191 e. The van der Waals surface area contributed by atoms with E-state index in [1.54, 1.807) is 7.11 Å². The van der Waals surface area contributed by atoms with Crippen molar-refractivity contribution >= 4 is 5.96 Å². The van der Waals surface area contributed by atoms with Crippen molar-refractivity contribution in [2.45, 2.75) is 39.2 Å². The molecule has 112 valence electrons. The normalized spacial score (nSPS) is 20.8. The lowest BCUT2D eigenvalue weighted by molar-refractivity contribution is 0.195. The molecule has 2 N–H and O–H groups in total. The largest absolute Gasteiger partial charge is 0.385 e. The molecule has 0 aliphatic carbocycles. The molecule has 0 radical (unpaired) electrons. The molecule has 0 spiro atoms. The summed E-state index contributed by atoms with van der Waals surface area (Å²) in [6.45, 7) is 10.2. The van der Waals surface area contributed by atoms with Crippen LogP contribution in [0.5, 0.6) is 0 Å². The van der Waals surface area contributed by atoms with Crippen LogP contribution in [0, 0.1) is 0 Å². The Morgan fingerprint density at radius 1 is 1.37 bits per heavy atom. The average molecular weight is 270 g/mol. The second-order valence-corrected chi connectivity index (χ2v) is 4.92. The first-order chi connectivity index (χ1) is 9.31. The number of likely N-dealkylation sites (N-methyl/N-ethyl adjacent to an activating group) is 1. The molecule has 0 bridgehead atoms. The Hall–Kier alpha value is -0.810. The first kappa shape index (κ1) is 16.2. The van der Waals surface area contributed by atoms with Crippen LogP contribution >= 0.6 is 0 Å². The van der Waals surface area contributed by atoms with Gasteiger partial charge in [0.15, 0.2) is 5.96 Å². The van der Waals surface area contributed by atoms with E-state index in [0.29, 0.717) is 6.04 Å². The number of nitrogens with one attached hydrogen (secondary N) is 2. The van der Waals surface area contributed by atoms with E-state index in [1.807, 2.05) is 0 Å². The van der Waals surface area contributed by atoms with E-state index < -0.39 is 0 Å². The second kappa shape index (κ2) is 10.0. The zero-order valence-corrected chi connectivity index (χ0v) is 12.7. The number of likely N-dealkylation sites (tertiary alicyclic amines) is 1. The first-order valence-corrected chi connectivity index (χ1v) is 7.57. The summed E-state index contributed by atoms with van der Waals surface area (Å²) in [4.78, 5) is 7.23. The zero-order valence-electron chi connectivity index (χ0n) is 12.7. The summed E-state index contributed by atoms with van der Waals surface area (Å²) >= 11 is 0. The molecule has 1 fully saturated rings. The minimum atomic E-state index is 0.624. The maximum atomic E-state index is 5.05. The smallest absolute Gasteiger partial charge is 0.191 e. The van der Waals surface area contributed by atoms with Crippen LogP contribution in [0.3, 0.4) is 0 Å². The molecule has 1 rings (SSSR count). The van der Waals surface area contributed by atoms with Crippen molar-refractivity contribution in [2.24, 2.45) is 4.99 Å². The molecule has 1 unspecified atom stereocenters. The van der Waals surface area contributed by atoms with Crippen molar-refractivity contribution in [3.05, 3.63) is 0 Å². The highest BCUT2D eigenvalue weighted by Crippen LogP contribution is 2.16. The van der Waals surface area contributed by atoms with Crippen molar-refractivity contribution in [1.29, 1.82) is 0 Å². The number of methoxy groups -OCH3 is 1. The molecular weight excluding hydrogens is 240 g/mol. The third kappa shape index (κ3) is 6.25. The van der Waals surface area contributed by atoms with Crippen LogP contribution in [0.4, 0.5) is 0 Å². The fourth-order valence-corrected chi connectivity index (χ4v) is 2.48. The summed E-state index contributed by atoms with van der Waals surface area (Å²) in [6, 6.07) is 0.624. The Bertz CT molecular complexity index is 258. The fourth-order valence-electron chi connectivity index (χ4n) is 2.48. The molecule has 1 heterocycles. The van der Waals surface area contributed by atoms with Crippen LogP contribution < -0.4 is 10.6 Å². The van der Waals surface area contributed by atoms with Crippen molar-refractivity contribution < 1.29 is 4.74 Å². The van der Waals surface area contributed by atoms with Gasteiger partial charge in [-0.1, -0.05) is 6.92 Å². The van der Waals surface area contributed by atoms with Gasteiger partial charge in [-0.3, -0.25) is 9.89 Å². The Morgan fingerprint density at radius 3 is 2.89 bits per heavy atom. The van der Waals surface area contributed by atoms with Crippen molar-refractivity contribution in [3.8, 4) is 0 Å². The van der Waals surface area contributed by atoms with Crippen LogP contribution in [-0.4, -0.2) is 63.3 Å². The standard InChI is InChI=1S/C14H30N4O/c1-4-15-14(16-9-7-11-19-3)17-12-13-8-6-10-18(13)5-2/h13H,4-12H2,1-3H3,(H2,15,16,17). The molecule has 19 heavy (non-hydrogen) atoms. The highest BCUT2D eigenvalue weighted by atomic mass is 16.5. The lowest BCUT2D eigenvalue weighted by Gasteiger charge is -2.21. The van der Waals surface area contributed by atoms with Gasteiger partial charge < -0.3 is 15.4 Å². The summed E-state index contributed by atoms with van der Waals surface area (Å²) in [5.74, 6) is 0.932. The minimum Gasteiger partial charge on any atom is -0.385 e. The fraction of sp³-hybridized carbons (Fsp3) is 0.929. The third-order valence-corrected chi connectivity index (χ3v) is 3.53. The molecule has 0 aromatic rings. The van der Waals surface area contributed by atoms with Gasteiger partial charge in [-0.15, -0.1) is 0 Å². The molecule has 5 heteroatoms. The van der Waals surface area contributed by atoms with E-state index in [1.165, 1.54) is 19.4 Å². The Morgan fingerprint density at radius 2 is 2.21 bits per heavy atom. The topological polar surface area (TPSA) is 48.9 Å². The second-order valence-electron chi connectivity index (χ2n) is 4.92. The van der Waals surface area contributed by atoms with Gasteiger partial charge in [0.2, 0.25) is 0 Å². The van der Waals surface area contributed by atoms with E-state index in [2.05, 4.69) is 29.4 Å². The lowest BCUT2D eigenvalue weighted by atomic mass is 10.2. The monoisotopic (exact) mass is 270 g/mol. The number of nitrogens with zero attached hydrogens (tertiary/aromatic N) is 2. The van der Waals surface area contributed by atoms with Crippen molar-refractivity contribution in [3.63, 3.8) is 0 Å². The lowest BCUT2D eigenvalue weighted by Crippen LogP contribution is -2.39. The predicted molar refractivity (Wildman–Crippen MR) is 80.7 cm³/mol. The predicted octanol–water partition coefficient (Wildman–Crippen LogP) is 1.06. The molecular formula is C14H30N4O. The van der Waals surface area contributed by atoms with E-state index in [4.69, 9.17) is 9.73 Å². The third-order valence-electron chi connectivity index (χ3n) is 3.53. The molecule has 5 nitrogen and oxygen atoms in total. The maximum absolute atomic E-state index is 5.05. The van der Waals surface area contributed by atoms with Crippen molar-refractivity contribution in [1.82, 2.24) is 15.5 Å². The van der Waals surface area contributed by atoms with E-state index in [9.17, 15) is 0 Å². The highest BCUT2D eigenvalue weighted by Gasteiger charge is 2.22. The van der Waals surface area contributed by atoms with Gasteiger partial charge in [0.1, 0.15) is 0 Å². The first-order valence-electron chi connectivity index (χ1n) is 7.57. The summed E-state index contributed by atoms with van der Waals surface area (Å²) in [7, 11) is 1.73. The SMILES string of the molecule is CCNC(=NCC1CCCN1CC)NCCCOC. The summed E-state index contributed by atoms with van der Waals surface area (Å²) in [5, 5.41) is 6.65. The number of rotatable bonds is 8. The van der Waals surface area contributed by atoms with Gasteiger partial charge >= 0.3 is 0 Å². The summed E-state index contributed by atoms with van der Waals surface area (Å²) < 4.78 is 5.05. The minimum absolute atomic E-state index is 0.624. The highest BCUT2D eigenvalue weighted by molar-refractivity contribution is 5.79. The van der Waals surface area contributed by atoms with Gasteiger partial charge in [0.05, 0.1) is 6.54 Å². The molecule has 0 saturated carbocycles. The Balaban J connectivity index is 2.34. The van der Waals surface area contributed by atoms with Gasteiger partial charge in [-0.25, -0.2) is 0 Å². The van der Waals surface area contributed by atoms with E-state index >= 15 is 0 Å². The van der Waals surface area contributed by atoms with Gasteiger partial charge in [-0.2, -0.15) is 0 Å². The number of guanidine groups is 1. The zero-order chi connectivity index (χ0) is 13.9. The number of ether oxygens (including phenoxy) is 1. The van der Waals surface area contributed by atoms with Gasteiger partial charge in [0.25, 0.3) is 0 Å². The summed E-state index contributed by atoms with van der Waals surface area (Å²) in [6.07, 6.45) is 3.59. The Kier molecular flexibility index (Phi) is 8.58. The molecule has 1 atom stereocenters. The number of hydrogen-bond acceptors (Lipinski definition) is 3. The quantitative estimate of drug-likeness (QED) is 0.393. The van der Waals surface area contributed by atoms with Crippen LogP contribution in [0.25, 0.3) is 0 Å².